The second kappa shape index (κ2) is 5.77. The average molecular weight is 276 g/mol. The van der Waals surface area contributed by atoms with Gasteiger partial charge in [-0.25, -0.2) is 9.97 Å². The summed E-state index contributed by atoms with van der Waals surface area (Å²) < 4.78 is 0. The molecule has 0 atom stereocenters. The Morgan fingerprint density at radius 2 is 2.10 bits per heavy atom. The maximum absolute atomic E-state index is 12.5. The van der Waals surface area contributed by atoms with Gasteiger partial charge in [-0.15, -0.1) is 0 Å². The van der Waals surface area contributed by atoms with Crippen LogP contribution < -0.4 is 9.80 Å². The van der Waals surface area contributed by atoms with Gasteiger partial charge in [0.15, 0.2) is 5.82 Å². The summed E-state index contributed by atoms with van der Waals surface area (Å²) in [5.74, 6) is 0.990. The molecular formula is C15H24N4O. The number of carbonyl (C=O) groups excluding carboxylic acids is 1. The lowest BCUT2D eigenvalue weighted by molar-refractivity contribution is -0.125. The van der Waals surface area contributed by atoms with Gasteiger partial charge < -0.3 is 9.80 Å². The Bertz CT molecular complexity index is 487. The third-order valence-electron chi connectivity index (χ3n) is 3.83. The Balaban J connectivity index is 2.35. The number of carbonyl (C=O) groups is 1. The Labute approximate surface area is 121 Å². The molecule has 110 valence electrons. The van der Waals surface area contributed by atoms with Gasteiger partial charge >= 0.3 is 0 Å². The first-order valence-corrected chi connectivity index (χ1v) is 7.30. The molecule has 0 radical (unpaired) electrons. The number of anilines is 2. The van der Waals surface area contributed by atoms with Crippen molar-refractivity contribution in [2.24, 2.45) is 5.41 Å². The molecule has 0 aliphatic carbocycles. The number of hydrogen-bond acceptors (Lipinski definition) is 4. The summed E-state index contributed by atoms with van der Waals surface area (Å²) in [5.41, 5.74) is 0.390. The molecule has 1 aromatic heterocycles. The van der Waals surface area contributed by atoms with Crippen LogP contribution in [0.3, 0.4) is 0 Å². The van der Waals surface area contributed by atoms with E-state index in [4.69, 9.17) is 0 Å². The van der Waals surface area contributed by atoms with Gasteiger partial charge in [0, 0.05) is 20.1 Å². The summed E-state index contributed by atoms with van der Waals surface area (Å²) in [6, 6.07) is 0. The van der Waals surface area contributed by atoms with Crippen molar-refractivity contribution in [2.75, 3.05) is 29.9 Å². The number of rotatable bonds is 4. The molecule has 1 aliphatic rings. The predicted molar refractivity (Wildman–Crippen MR) is 81.0 cm³/mol. The summed E-state index contributed by atoms with van der Waals surface area (Å²) in [7, 11) is 1.81. The van der Waals surface area contributed by atoms with Crippen LogP contribution >= 0.6 is 0 Å². The van der Waals surface area contributed by atoms with Gasteiger partial charge in [0.1, 0.15) is 12.0 Å². The third-order valence-corrected chi connectivity index (χ3v) is 3.83. The van der Waals surface area contributed by atoms with Crippen molar-refractivity contribution in [3.05, 3.63) is 12.5 Å². The van der Waals surface area contributed by atoms with Gasteiger partial charge in [0.25, 0.3) is 0 Å². The minimum Gasteiger partial charge on any atom is -0.354 e. The SMILES string of the molecule is CCCCCN1CC(C)(C)C(=O)N(C)c2cncnc21. The van der Waals surface area contributed by atoms with Crippen LogP contribution in [0.4, 0.5) is 11.5 Å². The second-order valence-corrected chi connectivity index (χ2v) is 6.11. The maximum atomic E-state index is 12.5. The van der Waals surface area contributed by atoms with Crippen LogP contribution in [0.2, 0.25) is 0 Å². The topological polar surface area (TPSA) is 49.3 Å². The maximum Gasteiger partial charge on any atom is 0.234 e. The van der Waals surface area contributed by atoms with Gasteiger partial charge in [0.2, 0.25) is 5.91 Å². The molecule has 1 aliphatic heterocycles. The molecule has 0 saturated carbocycles. The van der Waals surface area contributed by atoms with E-state index in [0.717, 1.165) is 24.5 Å². The van der Waals surface area contributed by atoms with E-state index in [0.29, 0.717) is 6.54 Å². The molecular weight excluding hydrogens is 252 g/mol. The highest BCUT2D eigenvalue weighted by Crippen LogP contribution is 2.35. The van der Waals surface area contributed by atoms with Gasteiger partial charge in [-0.1, -0.05) is 19.8 Å². The summed E-state index contributed by atoms with van der Waals surface area (Å²) in [4.78, 5) is 25.0. The molecule has 1 aromatic rings. The fourth-order valence-electron chi connectivity index (χ4n) is 2.72. The van der Waals surface area contributed by atoms with E-state index in [1.165, 1.54) is 12.8 Å². The standard InChI is InChI=1S/C15H24N4O/c1-5-6-7-8-19-10-15(2,3)14(20)18(4)12-9-16-11-17-13(12)19/h9,11H,5-8,10H2,1-4H3. The first-order chi connectivity index (χ1) is 9.47. The number of aromatic nitrogens is 2. The first-order valence-electron chi connectivity index (χ1n) is 7.30. The molecule has 1 amide bonds. The van der Waals surface area contributed by atoms with Crippen molar-refractivity contribution in [3.63, 3.8) is 0 Å². The second-order valence-electron chi connectivity index (χ2n) is 6.11. The molecule has 0 spiro atoms. The van der Waals surface area contributed by atoms with E-state index in [1.54, 1.807) is 17.4 Å². The summed E-state index contributed by atoms with van der Waals surface area (Å²) in [5, 5.41) is 0. The number of unbranched alkanes of at least 4 members (excludes halogenated alkanes) is 2. The van der Waals surface area contributed by atoms with Crippen LogP contribution in [0.5, 0.6) is 0 Å². The Hall–Kier alpha value is -1.65. The van der Waals surface area contributed by atoms with E-state index in [-0.39, 0.29) is 5.91 Å². The van der Waals surface area contributed by atoms with Crippen molar-refractivity contribution in [2.45, 2.75) is 40.0 Å². The Morgan fingerprint density at radius 3 is 2.80 bits per heavy atom. The van der Waals surface area contributed by atoms with E-state index < -0.39 is 5.41 Å². The zero-order chi connectivity index (χ0) is 14.8. The van der Waals surface area contributed by atoms with Crippen LogP contribution in [0.1, 0.15) is 40.0 Å². The van der Waals surface area contributed by atoms with E-state index in [9.17, 15) is 4.79 Å². The predicted octanol–water partition coefficient (Wildman–Crippen LogP) is 2.48. The van der Waals surface area contributed by atoms with Gasteiger partial charge in [0.05, 0.1) is 11.6 Å². The third kappa shape index (κ3) is 2.76. The van der Waals surface area contributed by atoms with Gasteiger partial charge in [-0.05, 0) is 20.3 Å². The summed E-state index contributed by atoms with van der Waals surface area (Å²) in [6.45, 7) is 7.82. The van der Waals surface area contributed by atoms with Crippen LogP contribution in [0.15, 0.2) is 12.5 Å². The molecule has 0 bridgehead atoms. The highest BCUT2D eigenvalue weighted by molar-refractivity contribution is 6.00. The first kappa shape index (κ1) is 14.8. The lowest BCUT2D eigenvalue weighted by Gasteiger charge is -2.29. The van der Waals surface area contributed by atoms with Crippen molar-refractivity contribution in [3.8, 4) is 0 Å². The fourth-order valence-corrected chi connectivity index (χ4v) is 2.72. The largest absolute Gasteiger partial charge is 0.354 e. The lowest BCUT2D eigenvalue weighted by atomic mass is 9.91. The van der Waals surface area contributed by atoms with Crippen molar-refractivity contribution >= 4 is 17.4 Å². The van der Waals surface area contributed by atoms with Gasteiger partial charge in [-0.3, -0.25) is 4.79 Å². The van der Waals surface area contributed by atoms with Crippen molar-refractivity contribution in [1.29, 1.82) is 0 Å². The molecule has 5 nitrogen and oxygen atoms in total. The van der Waals surface area contributed by atoms with Crippen molar-refractivity contribution < 1.29 is 4.79 Å². The van der Waals surface area contributed by atoms with Gasteiger partial charge in [-0.2, -0.15) is 0 Å². The average Bonchev–Trinajstić information content (AvgIpc) is 2.50. The van der Waals surface area contributed by atoms with Crippen LogP contribution in [-0.2, 0) is 4.79 Å². The smallest absolute Gasteiger partial charge is 0.234 e. The molecule has 0 fully saturated rings. The fraction of sp³-hybridized carbons (Fsp3) is 0.667. The van der Waals surface area contributed by atoms with E-state index in [1.807, 2.05) is 20.9 Å². The molecule has 0 unspecified atom stereocenters. The minimum absolute atomic E-state index is 0.117. The zero-order valence-corrected chi connectivity index (χ0v) is 12.9. The molecule has 0 saturated heterocycles. The normalized spacial score (nSPS) is 17.9. The highest BCUT2D eigenvalue weighted by Gasteiger charge is 2.38. The minimum atomic E-state index is -0.415. The molecule has 5 heteroatoms. The van der Waals surface area contributed by atoms with E-state index in [2.05, 4.69) is 21.8 Å². The molecule has 2 heterocycles. The number of hydrogen-bond donors (Lipinski definition) is 0. The van der Waals surface area contributed by atoms with E-state index >= 15 is 0 Å². The molecule has 2 rings (SSSR count). The van der Waals surface area contributed by atoms with Crippen LogP contribution in [-0.4, -0.2) is 36.0 Å². The lowest BCUT2D eigenvalue weighted by Crippen LogP contribution is -2.43. The Kier molecular flexibility index (Phi) is 4.26. The number of nitrogens with zero attached hydrogens (tertiary/aromatic N) is 4. The summed E-state index contributed by atoms with van der Waals surface area (Å²) >= 11 is 0. The monoisotopic (exact) mass is 276 g/mol. The molecule has 20 heavy (non-hydrogen) atoms. The van der Waals surface area contributed by atoms with Crippen LogP contribution in [0.25, 0.3) is 0 Å². The molecule has 0 N–H and O–H groups in total. The quantitative estimate of drug-likeness (QED) is 0.793. The number of fused-ring (bicyclic) bond motifs is 1. The van der Waals surface area contributed by atoms with Crippen molar-refractivity contribution in [1.82, 2.24) is 9.97 Å². The Morgan fingerprint density at radius 1 is 1.35 bits per heavy atom. The zero-order valence-electron chi connectivity index (χ0n) is 12.9. The van der Waals surface area contributed by atoms with Crippen LogP contribution in [0, 0.1) is 5.41 Å². The highest BCUT2D eigenvalue weighted by atomic mass is 16.2. The summed E-state index contributed by atoms with van der Waals surface area (Å²) in [6.07, 6.45) is 6.79. The molecule has 0 aromatic carbocycles. The number of amides is 1.